The Morgan fingerprint density at radius 2 is 1.72 bits per heavy atom. The van der Waals surface area contributed by atoms with E-state index in [0.717, 1.165) is 33.6 Å². The van der Waals surface area contributed by atoms with E-state index in [1.165, 1.54) is 23.8 Å². The number of amides is 2. The predicted octanol–water partition coefficient (Wildman–Crippen LogP) is 6.04. The molecule has 8 heteroatoms. The second-order valence-electron chi connectivity index (χ2n) is 8.37. The van der Waals surface area contributed by atoms with Gasteiger partial charge in [0.15, 0.2) is 22.4 Å². The van der Waals surface area contributed by atoms with Crippen molar-refractivity contribution in [3.63, 3.8) is 0 Å². The molecule has 1 heterocycles. The molecule has 0 unspecified atom stereocenters. The Balaban J connectivity index is 1.46. The van der Waals surface area contributed by atoms with E-state index in [-0.39, 0.29) is 18.4 Å². The summed E-state index contributed by atoms with van der Waals surface area (Å²) in [5, 5.41) is 2.90. The highest BCUT2D eigenvalue weighted by molar-refractivity contribution is 8.27. The highest BCUT2D eigenvalue weighted by Gasteiger charge is 2.33. The quantitative estimate of drug-likeness (QED) is 0.304. The third kappa shape index (κ3) is 5.61. The number of nitrogens with one attached hydrogen (secondary N) is 1. The number of hydrogen-bond donors (Lipinski definition) is 1. The number of methoxy groups -OCH3 is 1. The number of nitrogens with zero attached hydrogens (tertiary/aromatic N) is 1. The normalized spacial score (nSPS) is 14.3. The zero-order valence-electron chi connectivity index (χ0n) is 20.5. The van der Waals surface area contributed by atoms with Crippen LogP contribution < -0.4 is 19.7 Å². The van der Waals surface area contributed by atoms with Gasteiger partial charge < -0.3 is 14.8 Å². The van der Waals surface area contributed by atoms with E-state index < -0.39 is 0 Å². The van der Waals surface area contributed by atoms with Gasteiger partial charge >= 0.3 is 0 Å². The molecule has 3 aromatic rings. The number of hydrogen-bond acceptors (Lipinski definition) is 6. The maximum Gasteiger partial charge on any atom is 0.270 e. The molecular weight excluding hydrogens is 492 g/mol. The second-order valence-corrected chi connectivity index (χ2v) is 10.0. The first-order valence-electron chi connectivity index (χ1n) is 11.3. The number of benzene rings is 3. The Morgan fingerprint density at radius 3 is 2.39 bits per heavy atom. The number of anilines is 2. The standard InChI is InChI=1S/C28H26N2O4S2/c1-17-8-11-21(12-9-17)30-27(32)24(36-28(30)35)15-20-10-13-22(23(14-20)33-4)34-16-25(31)29-26-18(2)6-5-7-19(26)3/h5-15H,16H2,1-4H3,(H,29,31)/b24-15-. The van der Waals surface area contributed by atoms with E-state index in [9.17, 15) is 9.59 Å². The molecule has 1 aliphatic heterocycles. The predicted molar refractivity (Wildman–Crippen MR) is 150 cm³/mol. The van der Waals surface area contributed by atoms with Crippen molar-refractivity contribution in [1.29, 1.82) is 0 Å². The Hall–Kier alpha value is -3.62. The van der Waals surface area contributed by atoms with Gasteiger partial charge in [-0.1, -0.05) is 65.9 Å². The van der Waals surface area contributed by atoms with Gasteiger partial charge in [0, 0.05) is 5.69 Å². The van der Waals surface area contributed by atoms with Crippen molar-refractivity contribution in [1.82, 2.24) is 0 Å². The lowest BCUT2D eigenvalue weighted by atomic mass is 10.1. The molecule has 3 aromatic carbocycles. The van der Waals surface area contributed by atoms with Crippen LogP contribution in [0, 0.1) is 20.8 Å². The highest BCUT2D eigenvalue weighted by Crippen LogP contribution is 2.37. The van der Waals surface area contributed by atoms with Gasteiger partial charge in [-0.05, 0) is 67.8 Å². The summed E-state index contributed by atoms with van der Waals surface area (Å²) >= 11 is 6.72. The monoisotopic (exact) mass is 518 g/mol. The van der Waals surface area contributed by atoms with Crippen molar-refractivity contribution in [2.75, 3.05) is 23.9 Å². The summed E-state index contributed by atoms with van der Waals surface area (Å²) in [6.07, 6.45) is 1.77. The average molecular weight is 519 g/mol. The molecule has 0 spiro atoms. The molecule has 0 aromatic heterocycles. The van der Waals surface area contributed by atoms with E-state index in [1.54, 1.807) is 24.3 Å². The average Bonchev–Trinajstić information content (AvgIpc) is 3.13. The van der Waals surface area contributed by atoms with Crippen LogP contribution in [0.4, 0.5) is 11.4 Å². The minimum atomic E-state index is -0.265. The molecule has 1 fully saturated rings. The van der Waals surface area contributed by atoms with Crippen molar-refractivity contribution in [3.8, 4) is 11.5 Å². The van der Waals surface area contributed by atoms with Gasteiger partial charge in [0.25, 0.3) is 11.8 Å². The molecule has 4 rings (SSSR count). The van der Waals surface area contributed by atoms with Gasteiger partial charge in [-0.3, -0.25) is 14.5 Å². The van der Waals surface area contributed by atoms with E-state index >= 15 is 0 Å². The molecule has 184 valence electrons. The number of aryl methyl sites for hydroxylation is 3. The Bertz CT molecular complexity index is 1350. The van der Waals surface area contributed by atoms with Crippen molar-refractivity contribution in [2.24, 2.45) is 0 Å². The summed E-state index contributed by atoms with van der Waals surface area (Å²) in [4.78, 5) is 27.6. The van der Waals surface area contributed by atoms with E-state index in [4.69, 9.17) is 21.7 Å². The number of carbonyl (C=O) groups is 2. The van der Waals surface area contributed by atoms with Gasteiger partial charge in [-0.25, -0.2) is 0 Å². The van der Waals surface area contributed by atoms with E-state index in [0.29, 0.717) is 20.7 Å². The Labute approximate surface area is 220 Å². The molecule has 0 radical (unpaired) electrons. The van der Waals surface area contributed by atoms with E-state index in [1.807, 2.05) is 63.2 Å². The molecular formula is C28H26N2O4S2. The molecule has 1 N–H and O–H groups in total. The fraction of sp³-hybridized carbons (Fsp3) is 0.179. The smallest absolute Gasteiger partial charge is 0.270 e. The number of thioether (sulfide) groups is 1. The molecule has 0 aliphatic carbocycles. The lowest BCUT2D eigenvalue weighted by Gasteiger charge is -2.14. The van der Waals surface area contributed by atoms with Crippen LogP contribution in [0.1, 0.15) is 22.3 Å². The third-order valence-corrected chi connectivity index (χ3v) is 6.98. The first kappa shape index (κ1) is 25.5. The first-order chi connectivity index (χ1) is 17.3. The summed E-state index contributed by atoms with van der Waals surface area (Å²) in [6.45, 7) is 5.71. The molecule has 0 atom stereocenters. The van der Waals surface area contributed by atoms with Gasteiger partial charge in [0.2, 0.25) is 0 Å². The molecule has 1 aliphatic rings. The van der Waals surface area contributed by atoms with Gasteiger partial charge in [0.05, 0.1) is 17.7 Å². The summed E-state index contributed by atoms with van der Waals surface area (Å²) in [5.74, 6) is 0.450. The number of para-hydroxylation sites is 1. The SMILES string of the molecule is COc1cc(/C=C2\SC(=S)N(c3ccc(C)cc3)C2=O)ccc1OCC(=O)Nc1c(C)cccc1C. The fourth-order valence-corrected chi connectivity index (χ4v) is 5.06. The summed E-state index contributed by atoms with van der Waals surface area (Å²) < 4.78 is 11.7. The van der Waals surface area contributed by atoms with Crippen LogP contribution in [0.5, 0.6) is 11.5 Å². The number of rotatable bonds is 7. The molecule has 6 nitrogen and oxygen atoms in total. The number of carbonyl (C=O) groups excluding carboxylic acids is 2. The van der Waals surface area contributed by atoms with Gasteiger partial charge in [-0.2, -0.15) is 0 Å². The maximum atomic E-state index is 13.1. The summed E-state index contributed by atoms with van der Waals surface area (Å²) in [7, 11) is 1.53. The first-order valence-corrected chi connectivity index (χ1v) is 12.5. The Morgan fingerprint density at radius 1 is 1.03 bits per heavy atom. The van der Waals surface area contributed by atoms with Crippen LogP contribution in [0.15, 0.2) is 65.6 Å². The highest BCUT2D eigenvalue weighted by atomic mass is 32.2. The minimum Gasteiger partial charge on any atom is -0.493 e. The molecule has 0 bridgehead atoms. The fourth-order valence-electron chi connectivity index (χ4n) is 3.76. The van der Waals surface area contributed by atoms with Crippen LogP contribution in [-0.2, 0) is 9.59 Å². The van der Waals surface area contributed by atoms with Crippen molar-refractivity contribution < 1.29 is 19.1 Å². The maximum absolute atomic E-state index is 13.1. The molecule has 2 amide bonds. The third-order valence-electron chi connectivity index (χ3n) is 5.68. The number of ether oxygens (including phenoxy) is 2. The second kappa shape index (κ2) is 11.0. The van der Waals surface area contributed by atoms with Gasteiger partial charge in [0.1, 0.15) is 0 Å². The zero-order valence-corrected chi connectivity index (χ0v) is 22.1. The van der Waals surface area contributed by atoms with Crippen LogP contribution in [-0.4, -0.2) is 29.9 Å². The minimum absolute atomic E-state index is 0.168. The number of thiocarbonyl (C=S) groups is 1. The van der Waals surface area contributed by atoms with Crippen LogP contribution >= 0.6 is 24.0 Å². The zero-order chi connectivity index (χ0) is 25.8. The molecule has 1 saturated heterocycles. The lowest BCUT2D eigenvalue weighted by molar-refractivity contribution is -0.118. The van der Waals surface area contributed by atoms with Gasteiger partial charge in [-0.15, -0.1) is 0 Å². The molecule has 0 saturated carbocycles. The van der Waals surface area contributed by atoms with Crippen LogP contribution in [0.2, 0.25) is 0 Å². The summed E-state index contributed by atoms with van der Waals surface area (Å²) in [6, 6.07) is 18.8. The largest absolute Gasteiger partial charge is 0.493 e. The van der Waals surface area contributed by atoms with Crippen LogP contribution in [0.25, 0.3) is 6.08 Å². The Kier molecular flexibility index (Phi) is 7.76. The van der Waals surface area contributed by atoms with Crippen molar-refractivity contribution >= 4 is 57.6 Å². The lowest BCUT2D eigenvalue weighted by Crippen LogP contribution is -2.27. The topological polar surface area (TPSA) is 67.9 Å². The van der Waals surface area contributed by atoms with E-state index in [2.05, 4.69) is 5.32 Å². The van der Waals surface area contributed by atoms with Crippen LogP contribution in [0.3, 0.4) is 0 Å². The molecule has 36 heavy (non-hydrogen) atoms. The van der Waals surface area contributed by atoms with Crippen molar-refractivity contribution in [2.45, 2.75) is 20.8 Å². The van der Waals surface area contributed by atoms with Crippen molar-refractivity contribution in [3.05, 3.63) is 87.8 Å². The summed E-state index contributed by atoms with van der Waals surface area (Å²) in [5.41, 5.74) is 5.36.